The standard InChI is InChI=1S/C14H21N3O3S/c1-8-6-17(7-9(2)20-8)12(18)5-4-11-10(3)15-14(21)16-13(11)19/h8-9H,4-7H2,1-3H3,(H2,15,16,19,21)/t8-,9+. The van der Waals surface area contributed by atoms with Crippen molar-refractivity contribution in [1.29, 1.82) is 0 Å². The van der Waals surface area contributed by atoms with Gasteiger partial charge in [0, 0.05) is 30.8 Å². The molecule has 116 valence electrons. The Morgan fingerprint density at radius 1 is 1.33 bits per heavy atom. The van der Waals surface area contributed by atoms with Gasteiger partial charge in [-0.25, -0.2) is 0 Å². The first-order valence-corrected chi connectivity index (χ1v) is 7.53. The van der Waals surface area contributed by atoms with Crippen molar-refractivity contribution >= 4 is 18.1 Å². The maximum Gasteiger partial charge on any atom is 0.255 e. The molecule has 1 aliphatic rings. The minimum absolute atomic E-state index is 0.0515. The third-order valence-corrected chi connectivity index (χ3v) is 3.82. The average Bonchev–Trinajstić information content (AvgIpc) is 2.35. The van der Waals surface area contributed by atoms with Gasteiger partial charge in [-0.05, 0) is 39.4 Å². The van der Waals surface area contributed by atoms with E-state index in [1.54, 1.807) is 6.92 Å². The van der Waals surface area contributed by atoms with Crippen LogP contribution in [-0.4, -0.2) is 46.1 Å². The summed E-state index contributed by atoms with van der Waals surface area (Å²) in [4.78, 5) is 31.4. The molecule has 0 aliphatic carbocycles. The van der Waals surface area contributed by atoms with Crippen LogP contribution in [0.4, 0.5) is 0 Å². The summed E-state index contributed by atoms with van der Waals surface area (Å²) in [5.41, 5.74) is 1.10. The van der Waals surface area contributed by atoms with Gasteiger partial charge in [-0.3, -0.25) is 14.6 Å². The predicted molar refractivity (Wildman–Crippen MR) is 81.9 cm³/mol. The fourth-order valence-electron chi connectivity index (χ4n) is 2.70. The van der Waals surface area contributed by atoms with E-state index in [1.165, 1.54) is 0 Å². The lowest BCUT2D eigenvalue weighted by molar-refractivity contribution is -0.143. The molecule has 0 bridgehead atoms. The van der Waals surface area contributed by atoms with E-state index in [9.17, 15) is 9.59 Å². The van der Waals surface area contributed by atoms with Crippen LogP contribution in [-0.2, 0) is 16.0 Å². The van der Waals surface area contributed by atoms with Crippen LogP contribution in [0, 0.1) is 11.7 Å². The predicted octanol–water partition coefficient (Wildman–Crippen LogP) is 1.31. The Morgan fingerprint density at radius 2 is 1.95 bits per heavy atom. The second-order valence-corrected chi connectivity index (χ2v) is 5.98. The number of nitrogens with one attached hydrogen (secondary N) is 2. The topological polar surface area (TPSA) is 78.2 Å². The summed E-state index contributed by atoms with van der Waals surface area (Å²) in [6.07, 6.45) is 0.826. The van der Waals surface area contributed by atoms with Crippen LogP contribution in [0.25, 0.3) is 0 Å². The second kappa shape index (κ2) is 6.53. The molecule has 0 spiro atoms. The Bertz CT molecular complexity index is 627. The number of aryl methyl sites for hydroxylation is 1. The van der Waals surface area contributed by atoms with E-state index in [0.29, 0.717) is 36.3 Å². The van der Waals surface area contributed by atoms with Gasteiger partial charge in [0.05, 0.1) is 12.2 Å². The lowest BCUT2D eigenvalue weighted by Gasteiger charge is -2.35. The van der Waals surface area contributed by atoms with Crippen molar-refractivity contribution in [2.24, 2.45) is 0 Å². The summed E-state index contributed by atoms with van der Waals surface area (Å²) in [6, 6.07) is 0. The number of carbonyl (C=O) groups excluding carboxylic acids is 1. The lowest BCUT2D eigenvalue weighted by Crippen LogP contribution is -2.48. The molecule has 1 amide bonds. The summed E-state index contributed by atoms with van der Waals surface area (Å²) in [6.45, 7) is 6.93. The molecule has 0 aromatic carbocycles. The molecule has 1 fully saturated rings. The smallest absolute Gasteiger partial charge is 0.255 e. The molecule has 2 heterocycles. The van der Waals surface area contributed by atoms with Crippen molar-refractivity contribution in [2.45, 2.75) is 45.8 Å². The quantitative estimate of drug-likeness (QED) is 0.825. The molecular formula is C14H21N3O3S. The number of nitrogens with zero attached hydrogens (tertiary/aromatic N) is 1. The molecule has 21 heavy (non-hydrogen) atoms. The van der Waals surface area contributed by atoms with E-state index >= 15 is 0 Å². The number of aromatic amines is 2. The Balaban J connectivity index is 2.01. The maximum atomic E-state index is 12.3. The van der Waals surface area contributed by atoms with Gasteiger partial charge in [0.2, 0.25) is 5.91 Å². The van der Waals surface area contributed by atoms with E-state index < -0.39 is 0 Å². The number of rotatable bonds is 3. The summed E-state index contributed by atoms with van der Waals surface area (Å²) in [5.74, 6) is 0.0539. The van der Waals surface area contributed by atoms with Crippen molar-refractivity contribution in [3.8, 4) is 0 Å². The van der Waals surface area contributed by atoms with Crippen molar-refractivity contribution in [1.82, 2.24) is 14.9 Å². The molecule has 1 aromatic rings. The molecule has 0 radical (unpaired) electrons. The summed E-state index contributed by atoms with van der Waals surface area (Å²) < 4.78 is 5.92. The number of hydrogen-bond donors (Lipinski definition) is 2. The highest BCUT2D eigenvalue weighted by Gasteiger charge is 2.25. The first kappa shape index (κ1) is 15.9. The van der Waals surface area contributed by atoms with E-state index in [1.807, 2.05) is 18.7 Å². The molecule has 1 aromatic heterocycles. The van der Waals surface area contributed by atoms with Gasteiger partial charge < -0.3 is 14.6 Å². The van der Waals surface area contributed by atoms with Gasteiger partial charge in [-0.15, -0.1) is 0 Å². The average molecular weight is 311 g/mol. The minimum Gasteiger partial charge on any atom is -0.372 e. The molecule has 2 N–H and O–H groups in total. The first-order chi connectivity index (χ1) is 9.86. The number of H-pyrrole nitrogens is 2. The summed E-state index contributed by atoms with van der Waals surface area (Å²) in [5, 5.41) is 0. The zero-order chi connectivity index (χ0) is 15.6. The first-order valence-electron chi connectivity index (χ1n) is 7.12. The van der Waals surface area contributed by atoms with E-state index in [2.05, 4.69) is 9.97 Å². The fraction of sp³-hybridized carbons (Fsp3) is 0.643. The number of ether oxygens (including phenoxy) is 1. The Labute approximate surface area is 128 Å². The van der Waals surface area contributed by atoms with Crippen LogP contribution in [0.1, 0.15) is 31.5 Å². The molecule has 7 heteroatoms. The fourth-order valence-corrected chi connectivity index (χ4v) is 2.94. The van der Waals surface area contributed by atoms with Crippen LogP contribution >= 0.6 is 12.2 Å². The normalized spacial score (nSPS) is 22.3. The van der Waals surface area contributed by atoms with Crippen LogP contribution in [0.3, 0.4) is 0 Å². The van der Waals surface area contributed by atoms with E-state index in [0.717, 1.165) is 5.69 Å². The minimum atomic E-state index is -0.215. The lowest BCUT2D eigenvalue weighted by atomic mass is 10.1. The molecule has 0 saturated carbocycles. The zero-order valence-electron chi connectivity index (χ0n) is 12.6. The highest BCUT2D eigenvalue weighted by molar-refractivity contribution is 7.71. The van der Waals surface area contributed by atoms with Crippen LogP contribution in [0.15, 0.2) is 4.79 Å². The van der Waals surface area contributed by atoms with Gasteiger partial charge in [-0.1, -0.05) is 0 Å². The Kier molecular flexibility index (Phi) is 4.95. The monoisotopic (exact) mass is 311 g/mol. The largest absolute Gasteiger partial charge is 0.372 e. The van der Waals surface area contributed by atoms with Gasteiger partial charge in [0.1, 0.15) is 0 Å². The number of carbonyl (C=O) groups is 1. The van der Waals surface area contributed by atoms with Gasteiger partial charge in [0.25, 0.3) is 5.56 Å². The van der Waals surface area contributed by atoms with Crippen LogP contribution in [0.5, 0.6) is 0 Å². The SMILES string of the molecule is Cc1[nH]c(=S)[nH]c(=O)c1CCC(=O)N1C[C@@H](C)O[C@@H](C)C1. The molecule has 1 saturated heterocycles. The highest BCUT2D eigenvalue weighted by atomic mass is 32.1. The second-order valence-electron chi connectivity index (χ2n) is 5.57. The number of hydrogen-bond acceptors (Lipinski definition) is 4. The Morgan fingerprint density at radius 3 is 2.52 bits per heavy atom. The van der Waals surface area contributed by atoms with E-state index in [4.69, 9.17) is 17.0 Å². The third kappa shape index (κ3) is 4.01. The zero-order valence-corrected chi connectivity index (χ0v) is 13.4. The number of aromatic nitrogens is 2. The molecule has 2 atom stereocenters. The summed E-state index contributed by atoms with van der Waals surface area (Å²) in [7, 11) is 0. The summed E-state index contributed by atoms with van der Waals surface area (Å²) >= 11 is 4.91. The number of morpholine rings is 1. The maximum absolute atomic E-state index is 12.3. The molecule has 0 unspecified atom stereocenters. The van der Waals surface area contributed by atoms with Crippen molar-refractivity contribution in [2.75, 3.05) is 13.1 Å². The van der Waals surface area contributed by atoms with Crippen molar-refractivity contribution in [3.63, 3.8) is 0 Å². The van der Waals surface area contributed by atoms with Crippen molar-refractivity contribution in [3.05, 3.63) is 26.4 Å². The molecule has 1 aliphatic heterocycles. The number of amides is 1. The van der Waals surface area contributed by atoms with Gasteiger partial charge in [0.15, 0.2) is 4.77 Å². The van der Waals surface area contributed by atoms with Crippen LogP contribution in [0.2, 0.25) is 0 Å². The van der Waals surface area contributed by atoms with Crippen LogP contribution < -0.4 is 5.56 Å². The molecular weight excluding hydrogens is 290 g/mol. The Hall–Kier alpha value is -1.47. The highest BCUT2D eigenvalue weighted by Crippen LogP contribution is 2.13. The third-order valence-electron chi connectivity index (χ3n) is 3.62. The van der Waals surface area contributed by atoms with Gasteiger partial charge >= 0.3 is 0 Å². The molecule has 6 nitrogen and oxygen atoms in total. The van der Waals surface area contributed by atoms with Crippen molar-refractivity contribution < 1.29 is 9.53 Å². The van der Waals surface area contributed by atoms with E-state index in [-0.39, 0.29) is 23.7 Å². The van der Waals surface area contributed by atoms with Gasteiger partial charge in [-0.2, -0.15) is 0 Å². The molecule has 2 rings (SSSR count).